The first kappa shape index (κ1) is 9.78. The second-order valence-electron chi connectivity index (χ2n) is 3.09. The molecule has 0 aliphatic rings. The zero-order valence-corrected chi connectivity index (χ0v) is 7.69. The largest absolute Gasteiger partial charge is 0.356 e. The predicted molar refractivity (Wildman–Crippen MR) is 49.8 cm³/mol. The first-order valence-electron chi connectivity index (χ1n) is 4.48. The molecule has 0 fully saturated rings. The van der Waals surface area contributed by atoms with Gasteiger partial charge in [0, 0.05) is 0 Å². The van der Waals surface area contributed by atoms with E-state index < -0.39 is 5.97 Å². The molecular weight excluding hydrogens is 164 g/mol. The fraction of sp³-hybridized carbons (Fsp3) is 0.364. The molecule has 1 rings (SSSR count). The zero-order chi connectivity index (χ0) is 9.68. The highest BCUT2D eigenvalue weighted by atomic mass is 16.4. The smallest absolute Gasteiger partial charge is 0.247 e. The van der Waals surface area contributed by atoms with E-state index >= 15 is 0 Å². The van der Waals surface area contributed by atoms with Crippen LogP contribution in [-0.2, 0) is 9.90 Å². The molecule has 0 N–H and O–H groups in total. The number of hydrogen-bond donors (Lipinski definition) is 0. The van der Waals surface area contributed by atoms with Crippen molar-refractivity contribution in [2.45, 2.75) is 25.7 Å². The average Bonchev–Trinajstić information content (AvgIpc) is 2.15. The Labute approximate surface area is 78.2 Å². The molecule has 0 bridgehead atoms. The summed E-state index contributed by atoms with van der Waals surface area (Å²) in [5.41, 5.74) is 1.08. The van der Waals surface area contributed by atoms with Gasteiger partial charge in [0.1, 0.15) is 0 Å². The summed E-state index contributed by atoms with van der Waals surface area (Å²) in [6.45, 7) is 1.99. The number of carbonyl (C=O) groups is 1. The molecular formula is C11H13O2. The van der Waals surface area contributed by atoms with E-state index in [0.717, 1.165) is 12.0 Å². The Morgan fingerprint density at radius 2 is 1.92 bits per heavy atom. The second kappa shape index (κ2) is 4.65. The van der Waals surface area contributed by atoms with Gasteiger partial charge in [0.15, 0.2) is 0 Å². The summed E-state index contributed by atoms with van der Waals surface area (Å²) < 4.78 is 0. The van der Waals surface area contributed by atoms with Crippen LogP contribution in [0.2, 0.25) is 0 Å². The summed E-state index contributed by atoms with van der Waals surface area (Å²) >= 11 is 0. The minimum atomic E-state index is -0.976. The van der Waals surface area contributed by atoms with Gasteiger partial charge in [0.25, 0.3) is 0 Å². The van der Waals surface area contributed by atoms with Gasteiger partial charge in [-0.3, -0.25) is 0 Å². The van der Waals surface area contributed by atoms with Crippen LogP contribution in [-0.4, -0.2) is 5.97 Å². The summed E-state index contributed by atoms with van der Waals surface area (Å²) in [6, 6.07) is 9.68. The SMILES string of the molecule is CCC(CC([O])=O)c1ccccc1. The standard InChI is InChI=1S/C11H13O2/c1-2-9(8-11(12)13)10-6-4-3-5-7-10/h3-7,9H,2,8H2,1H3. The van der Waals surface area contributed by atoms with Gasteiger partial charge in [0.2, 0.25) is 0 Å². The Morgan fingerprint density at radius 1 is 1.31 bits per heavy atom. The number of hydrogen-bond acceptors (Lipinski definition) is 1. The van der Waals surface area contributed by atoms with Gasteiger partial charge in [0.05, 0.1) is 6.42 Å². The minimum absolute atomic E-state index is 0.0891. The van der Waals surface area contributed by atoms with Crippen molar-refractivity contribution in [3.05, 3.63) is 35.9 Å². The van der Waals surface area contributed by atoms with Crippen LogP contribution in [0.25, 0.3) is 0 Å². The van der Waals surface area contributed by atoms with Crippen molar-refractivity contribution >= 4 is 5.97 Å². The monoisotopic (exact) mass is 177 g/mol. The van der Waals surface area contributed by atoms with Gasteiger partial charge in [-0.05, 0) is 17.9 Å². The first-order valence-corrected chi connectivity index (χ1v) is 4.48. The third-order valence-electron chi connectivity index (χ3n) is 2.18. The van der Waals surface area contributed by atoms with E-state index in [1.165, 1.54) is 0 Å². The average molecular weight is 177 g/mol. The topological polar surface area (TPSA) is 37.0 Å². The fourth-order valence-electron chi connectivity index (χ4n) is 1.42. The maximum Gasteiger partial charge on any atom is 0.356 e. The van der Waals surface area contributed by atoms with Crippen LogP contribution in [0.15, 0.2) is 30.3 Å². The molecule has 1 aromatic rings. The molecule has 0 heterocycles. The molecule has 2 heteroatoms. The minimum Gasteiger partial charge on any atom is -0.247 e. The summed E-state index contributed by atoms with van der Waals surface area (Å²) in [5, 5.41) is 10.4. The first-order chi connectivity index (χ1) is 6.24. The Bertz CT molecular complexity index is 267. The Hall–Kier alpha value is -1.31. The van der Waals surface area contributed by atoms with Crippen LogP contribution < -0.4 is 0 Å². The molecule has 1 atom stereocenters. The van der Waals surface area contributed by atoms with Gasteiger partial charge in [-0.1, -0.05) is 37.3 Å². The van der Waals surface area contributed by atoms with Crippen LogP contribution in [0, 0.1) is 0 Å². The zero-order valence-electron chi connectivity index (χ0n) is 7.69. The lowest BCUT2D eigenvalue weighted by Gasteiger charge is -2.11. The third-order valence-corrected chi connectivity index (χ3v) is 2.18. The van der Waals surface area contributed by atoms with Crippen LogP contribution in [0.5, 0.6) is 0 Å². The van der Waals surface area contributed by atoms with Gasteiger partial charge in [-0.15, -0.1) is 0 Å². The highest BCUT2D eigenvalue weighted by Gasteiger charge is 2.13. The number of carbonyl (C=O) groups excluding carboxylic acids is 1. The van der Waals surface area contributed by atoms with E-state index in [0.29, 0.717) is 0 Å². The Kier molecular flexibility index (Phi) is 3.50. The number of rotatable bonds is 4. The normalized spacial score (nSPS) is 12.4. The van der Waals surface area contributed by atoms with Crippen LogP contribution in [0.3, 0.4) is 0 Å². The second-order valence-corrected chi connectivity index (χ2v) is 3.09. The Balaban J connectivity index is 2.73. The molecule has 1 aromatic carbocycles. The summed E-state index contributed by atoms with van der Waals surface area (Å²) in [7, 11) is 0. The van der Waals surface area contributed by atoms with E-state index in [1.807, 2.05) is 37.3 Å². The van der Waals surface area contributed by atoms with E-state index in [-0.39, 0.29) is 12.3 Å². The Morgan fingerprint density at radius 3 is 2.38 bits per heavy atom. The van der Waals surface area contributed by atoms with E-state index in [2.05, 4.69) is 0 Å². The molecule has 13 heavy (non-hydrogen) atoms. The maximum absolute atomic E-state index is 10.4. The molecule has 1 radical (unpaired) electrons. The lowest BCUT2D eigenvalue weighted by molar-refractivity contribution is -0.143. The van der Waals surface area contributed by atoms with Crippen LogP contribution >= 0.6 is 0 Å². The summed E-state index contributed by atoms with van der Waals surface area (Å²) in [4.78, 5) is 10.4. The quantitative estimate of drug-likeness (QED) is 0.696. The summed E-state index contributed by atoms with van der Waals surface area (Å²) in [6.07, 6.45) is 0.943. The molecule has 0 aliphatic carbocycles. The van der Waals surface area contributed by atoms with Crippen molar-refractivity contribution in [3.8, 4) is 0 Å². The predicted octanol–water partition coefficient (Wildman–Crippen LogP) is 2.53. The molecule has 0 saturated carbocycles. The molecule has 69 valence electrons. The van der Waals surface area contributed by atoms with E-state index in [1.54, 1.807) is 0 Å². The van der Waals surface area contributed by atoms with Crippen molar-refractivity contribution < 1.29 is 9.90 Å². The molecule has 1 unspecified atom stereocenters. The molecule has 0 aliphatic heterocycles. The molecule has 2 nitrogen and oxygen atoms in total. The van der Waals surface area contributed by atoms with Crippen molar-refractivity contribution in [2.24, 2.45) is 0 Å². The lowest BCUT2D eigenvalue weighted by Crippen LogP contribution is -2.03. The summed E-state index contributed by atoms with van der Waals surface area (Å²) in [5.74, 6) is -0.887. The molecule has 0 aromatic heterocycles. The maximum atomic E-state index is 10.4. The third kappa shape index (κ3) is 2.90. The van der Waals surface area contributed by atoms with E-state index in [9.17, 15) is 9.90 Å². The molecule has 0 saturated heterocycles. The fourth-order valence-corrected chi connectivity index (χ4v) is 1.42. The van der Waals surface area contributed by atoms with Crippen molar-refractivity contribution in [2.75, 3.05) is 0 Å². The van der Waals surface area contributed by atoms with Gasteiger partial charge in [-0.25, -0.2) is 9.90 Å². The highest BCUT2D eigenvalue weighted by Crippen LogP contribution is 2.22. The van der Waals surface area contributed by atoms with Gasteiger partial charge < -0.3 is 0 Å². The van der Waals surface area contributed by atoms with E-state index in [4.69, 9.17) is 0 Å². The van der Waals surface area contributed by atoms with Crippen molar-refractivity contribution in [3.63, 3.8) is 0 Å². The molecule has 0 spiro atoms. The van der Waals surface area contributed by atoms with Crippen LogP contribution in [0.4, 0.5) is 0 Å². The van der Waals surface area contributed by atoms with Crippen molar-refractivity contribution in [1.82, 2.24) is 0 Å². The lowest BCUT2D eigenvalue weighted by atomic mass is 9.93. The number of benzene rings is 1. The molecule has 0 amide bonds. The van der Waals surface area contributed by atoms with Gasteiger partial charge in [-0.2, -0.15) is 0 Å². The highest BCUT2D eigenvalue weighted by molar-refractivity contribution is 5.67. The van der Waals surface area contributed by atoms with Gasteiger partial charge >= 0.3 is 5.97 Å². The van der Waals surface area contributed by atoms with Crippen LogP contribution in [0.1, 0.15) is 31.2 Å². The van der Waals surface area contributed by atoms with Crippen molar-refractivity contribution in [1.29, 1.82) is 0 Å².